The SMILES string of the molecule is CCC12CCC(C(=O)O)(CC1)OC2. The van der Waals surface area contributed by atoms with Gasteiger partial charge in [-0.1, -0.05) is 6.92 Å². The van der Waals surface area contributed by atoms with Crippen LogP contribution in [0.25, 0.3) is 0 Å². The predicted molar refractivity (Wildman–Crippen MR) is 47.5 cm³/mol. The maximum atomic E-state index is 11.0. The van der Waals surface area contributed by atoms with Gasteiger partial charge < -0.3 is 9.84 Å². The summed E-state index contributed by atoms with van der Waals surface area (Å²) in [4.78, 5) is 11.0. The third-order valence-electron chi connectivity index (χ3n) is 3.91. The standard InChI is InChI=1S/C10H16O3/c1-2-9-3-5-10(6-4-9,8(11)12)13-7-9/h2-7H2,1H3,(H,11,12). The molecule has 74 valence electrons. The Morgan fingerprint density at radius 3 is 2.31 bits per heavy atom. The molecule has 0 aromatic heterocycles. The molecule has 1 aliphatic carbocycles. The van der Waals surface area contributed by atoms with E-state index in [1.165, 1.54) is 0 Å². The molecule has 3 aliphatic rings. The van der Waals surface area contributed by atoms with Crippen molar-refractivity contribution in [3.8, 4) is 0 Å². The minimum Gasteiger partial charge on any atom is -0.479 e. The van der Waals surface area contributed by atoms with Crippen molar-refractivity contribution in [3.05, 3.63) is 0 Å². The molecule has 0 amide bonds. The summed E-state index contributed by atoms with van der Waals surface area (Å²) in [6, 6.07) is 0. The van der Waals surface area contributed by atoms with E-state index in [2.05, 4.69) is 6.92 Å². The molecule has 3 nitrogen and oxygen atoms in total. The van der Waals surface area contributed by atoms with Gasteiger partial charge in [-0.25, -0.2) is 4.79 Å². The Morgan fingerprint density at radius 2 is 2.00 bits per heavy atom. The first-order valence-electron chi connectivity index (χ1n) is 5.00. The van der Waals surface area contributed by atoms with Gasteiger partial charge in [0, 0.05) is 0 Å². The van der Waals surface area contributed by atoms with E-state index < -0.39 is 11.6 Å². The number of fused-ring (bicyclic) bond motifs is 3. The first kappa shape index (κ1) is 9.00. The van der Waals surface area contributed by atoms with Crippen LogP contribution >= 0.6 is 0 Å². The largest absolute Gasteiger partial charge is 0.479 e. The molecule has 0 atom stereocenters. The number of carboxylic acids is 1. The highest BCUT2D eigenvalue weighted by molar-refractivity contribution is 5.77. The topological polar surface area (TPSA) is 46.5 Å². The van der Waals surface area contributed by atoms with E-state index in [4.69, 9.17) is 9.84 Å². The maximum Gasteiger partial charge on any atom is 0.335 e. The monoisotopic (exact) mass is 184 g/mol. The van der Waals surface area contributed by atoms with Gasteiger partial charge in [0.15, 0.2) is 5.60 Å². The number of hydrogen-bond acceptors (Lipinski definition) is 2. The summed E-state index contributed by atoms with van der Waals surface area (Å²) in [7, 11) is 0. The molecule has 2 bridgehead atoms. The fraction of sp³-hybridized carbons (Fsp3) is 0.900. The second-order valence-electron chi connectivity index (χ2n) is 4.44. The highest BCUT2D eigenvalue weighted by Crippen LogP contribution is 2.50. The lowest BCUT2D eigenvalue weighted by Crippen LogP contribution is -2.55. The van der Waals surface area contributed by atoms with E-state index in [9.17, 15) is 4.79 Å². The molecule has 2 saturated heterocycles. The van der Waals surface area contributed by atoms with Gasteiger partial charge in [-0.05, 0) is 37.5 Å². The van der Waals surface area contributed by atoms with Gasteiger partial charge in [0.1, 0.15) is 0 Å². The average Bonchev–Trinajstić information content (AvgIpc) is 2.20. The number of hydrogen-bond donors (Lipinski definition) is 1. The van der Waals surface area contributed by atoms with Crippen LogP contribution in [0, 0.1) is 5.41 Å². The van der Waals surface area contributed by atoms with Gasteiger partial charge in [0.25, 0.3) is 0 Å². The van der Waals surface area contributed by atoms with Crippen LogP contribution in [-0.4, -0.2) is 23.3 Å². The van der Waals surface area contributed by atoms with Crippen LogP contribution in [0.5, 0.6) is 0 Å². The quantitative estimate of drug-likeness (QED) is 0.712. The second kappa shape index (κ2) is 2.71. The third kappa shape index (κ3) is 1.17. The summed E-state index contributed by atoms with van der Waals surface area (Å²) in [6.07, 6.45) is 4.57. The summed E-state index contributed by atoms with van der Waals surface area (Å²) in [6.45, 7) is 2.82. The van der Waals surface area contributed by atoms with Gasteiger partial charge in [0.05, 0.1) is 6.61 Å². The second-order valence-corrected chi connectivity index (χ2v) is 4.44. The Labute approximate surface area is 78.1 Å². The lowest BCUT2D eigenvalue weighted by atomic mass is 9.65. The maximum absolute atomic E-state index is 11.0. The molecule has 3 heteroatoms. The Hall–Kier alpha value is -0.570. The van der Waals surface area contributed by atoms with Crippen LogP contribution in [0.1, 0.15) is 39.0 Å². The first-order valence-corrected chi connectivity index (χ1v) is 5.00. The molecule has 0 unspecified atom stereocenters. The molecule has 0 aromatic carbocycles. The predicted octanol–water partition coefficient (Wildman–Crippen LogP) is 1.81. The molecule has 13 heavy (non-hydrogen) atoms. The van der Waals surface area contributed by atoms with E-state index in [0.717, 1.165) is 19.3 Å². The molecule has 1 saturated carbocycles. The Bertz CT molecular complexity index is 210. The zero-order valence-electron chi connectivity index (χ0n) is 8.01. The molecular weight excluding hydrogens is 168 g/mol. The van der Waals surface area contributed by atoms with E-state index >= 15 is 0 Å². The zero-order chi connectivity index (χ0) is 9.53. The van der Waals surface area contributed by atoms with Crippen molar-refractivity contribution in [2.24, 2.45) is 5.41 Å². The lowest BCUT2D eigenvalue weighted by molar-refractivity contribution is -0.207. The lowest BCUT2D eigenvalue weighted by Gasteiger charge is -2.50. The van der Waals surface area contributed by atoms with Crippen molar-refractivity contribution >= 4 is 5.97 Å². The van der Waals surface area contributed by atoms with Crippen molar-refractivity contribution in [2.45, 2.75) is 44.6 Å². The van der Waals surface area contributed by atoms with Crippen molar-refractivity contribution < 1.29 is 14.6 Å². The smallest absolute Gasteiger partial charge is 0.335 e. The number of carboxylic acid groups (broad SMARTS) is 1. The zero-order valence-corrected chi connectivity index (χ0v) is 8.01. The van der Waals surface area contributed by atoms with Crippen LogP contribution in [0.3, 0.4) is 0 Å². The molecule has 0 radical (unpaired) electrons. The van der Waals surface area contributed by atoms with Gasteiger partial charge in [-0.15, -0.1) is 0 Å². The van der Waals surface area contributed by atoms with E-state index in [1.807, 2.05) is 0 Å². The van der Waals surface area contributed by atoms with Gasteiger partial charge in [-0.3, -0.25) is 0 Å². The van der Waals surface area contributed by atoms with Crippen molar-refractivity contribution in [3.63, 3.8) is 0 Å². The number of carbonyl (C=O) groups is 1. The van der Waals surface area contributed by atoms with E-state index in [1.54, 1.807) is 0 Å². The molecule has 1 N–H and O–H groups in total. The summed E-state index contributed by atoms with van der Waals surface area (Å²) in [5.74, 6) is -0.767. The van der Waals surface area contributed by atoms with E-state index in [0.29, 0.717) is 24.9 Å². The molecular formula is C10H16O3. The highest BCUT2D eigenvalue weighted by atomic mass is 16.5. The Kier molecular flexibility index (Phi) is 1.88. The summed E-state index contributed by atoms with van der Waals surface area (Å²) in [5.41, 5.74) is -0.520. The molecule has 3 fully saturated rings. The number of ether oxygens (including phenoxy) is 1. The van der Waals surface area contributed by atoms with Crippen molar-refractivity contribution in [2.75, 3.05) is 6.61 Å². The van der Waals surface area contributed by atoms with Crippen LogP contribution in [0.2, 0.25) is 0 Å². The fourth-order valence-corrected chi connectivity index (χ4v) is 2.50. The minimum atomic E-state index is -0.822. The molecule has 2 aliphatic heterocycles. The molecule has 0 spiro atoms. The normalized spacial score (nSPS) is 43.5. The molecule has 2 heterocycles. The Balaban J connectivity index is 2.16. The molecule has 0 aromatic rings. The molecule has 3 rings (SSSR count). The van der Waals surface area contributed by atoms with Gasteiger partial charge in [-0.2, -0.15) is 0 Å². The Morgan fingerprint density at radius 1 is 1.38 bits per heavy atom. The van der Waals surface area contributed by atoms with Crippen LogP contribution < -0.4 is 0 Å². The first-order chi connectivity index (χ1) is 6.13. The van der Waals surface area contributed by atoms with Crippen LogP contribution in [0.15, 0.2) is 0 Å². The third-order valence-corrected chi connectivity index (χ3v) is 3.91. The highest BCUT2D eigenvalue weighted by Gasteiger charge is 2.53. The average molecular weight is 184 g/mol. The van der Waals surface area contributed by atoms with Crippen molar-refractivity contribution in [1.29, 1.82) is 0 Å². The summed E-state index contributed by atoms with van der Waals surface area (Å²) >= 11 is 0. The number of aliphatic carboxylic acids is 1. The summed E-state index contributed by atoms with van der Waals surface area (Å²) < 4.78 is 5.52. The van der Waals surface area contributed by atoms with Gasteiger partial charge >= 0.3 is 5.97 Å². The van der Waals surface area contributed by atoms with Crippen molar-refractivity contribution in [1.82, 2.24) is 0 Å². The minimum absolute atomic E-state index is 0.303. The number of rotatable bonds is 2. The fourth-order valence-electron chi connectivity index (χ4n) is 2.50. The van der Waals surface area contributed by atoms with Gasteiger partial charge in [0.2, 0.25) is 0 Å². The summed E-state index contributed by atoms with van der Waals surface area (Å²) in [5, 5.41) is 9.05. The van der Waals surface area contributed by atoms with Crippen LogP contribution in [-0.2, 0) is 9.53 Å². The van der Waals surface area contributed by atoms with E-state index in [-0.39, 0.29) is 0 Å². The van der Waals surface area contributed by atoms with Crippen LogP contribution in [0.4, 0.5) is 0 Å².